The maximum atomic E-state index is 14.4. The molecule has 152 valence electrons. The summed E-state index contributed by atoms with van der Waals surface area (Å²) >= 11 is 6.01. The second kappa shape index (κ2) is 7.76. The summed E-state index contributed by atoms with van der Waals surface area (Å²) in [6.07, 6.45) is 3.10. The number of hydrogen-bond donors (Lipinski definition) is 3. The molecule has 6 nitrogen and oxygen atoms in total. The average Bonchev–Trinajstić information content (AvgIpc) is 2.71. The topological polar surface area (TPSA) is 90.6 Å². The zero-order valence-corrected chi connectivity index (χ0v) is 17.0. The molecule has 0 fully saturated rings. The minimum absolute atomic E-state index is 0.0372. The van der Waals surface area contributed by atoms with Crippen molar-refractivity contribution in [3.8, 4) is 11.1 Å². The third-order valence-corrected chi connectivity index (χ3v) is 5.02. The predicted molar refractivity (Wildman–Crippen MR) is 117 cm³/mol. The van der Waals surface area contributed by atoms with Crippen LogP contribution in [0.5, 0.6) is 0 Å². The van der Waals surface area contributed by atoms with Gasteiger partial charge in [-0.3, -0.25) is 9.59 Å². The predicted octanol–water partition coefficient (Wildman–Crippen LogP) is 4.94. The smallest absolute Gasteiger partial charge is 0.256 e. The number of halogens is 2. The molecule has 0 spiro atoms. The molecule has 8 heteroatoms. The lowest BCUT2D eigenvalue weighted by molar-refractivity contribution is 0.631. The summed E-state index contributed by atoms with van der Waals surface area (Å²) in [5, 5.41) is 3.93. The van der Waals surface area contributed by atoms with Gasteiger partial charge >= 0.3 is 0 Å². The highest BCUT2D eigenvalue weighted by Crippen LogP contribution is 2.31. The van der Waals surface area contributed by atoms with Crippen molar-refractivity contribution >= 4 is 34.0 Å². The zero-order chi connectivity index (χ0) is 21.4. The van der Waals surface area contributed by atoms with Crippen LogP contribution >= 0.6 is 11.6 Å². The molecule has 0 bridgehead atoms. The number of H-pyrrole nitrogens is 2. The number of benzene rings is 1. The minimum atomic E-state index is -0.557. The van der Waals surface area contributed by atoms with Crippen molar-refractivity contribution in [1.82, 2.24) is 15.0 Å². The molecule has 0 aliphatic heterocycles. The number of aromatic nitrogens is 3. The van der Waals surface area contributed by atoms with Gasteiger partial charge in [-0.05, 0) is 36.2 Å². The fraction of sp³-hybridized carbons (Fsp3) is 0.136. The maximum Gasteiger partial charge on any atom is 0.256 e. The van der Waals surface area contributed by atoms with E-state index in [9.17, 15) is 14.0 Å². The van der Waals surface area contributed by atoms with Crippen LogP contribution < -0.4 is 16.3 Å². The second-order valence-electron chi connectivity index (χ2n) is 7.17. The van der Waals surface area contributed by atoms with E-state index in [1.54, 1.807) is 18.3 Å². The molecule has 4 rings (SSSR count). The Morgan fingerprint density at radius 3 is 2.63 bits per heavy atom. The van der Waals surface area contributed by atoms with E-state index < -0.39 is 11.4 Å². The van der Waals surface area contributed by atoms with E-state index in [0.717, 1.165) is 0 Å². The van der Waals surface area contributed by atoms with Crippen LogP contribution in [0.25, 0.3) is 22.2 Å². The number of pyridine rings is 3. The molecule has 0 aliphatic carbocycles. The third-order valence-electron chi connectivity index (χ3n) is 4.79. The van der Waals surface area contributed by atoms with E-state index in [1.807, 2.05) is 13.8 Å². The van der Waals surface area contributed by atoms with Gasteiger partial charge in [-0.25, -0.2) is 9.37 Å². The van der Waals surface area contributed by atoms with Crippen LogP contribution in [0, 0.1) is 5.82 Å². The number of aromatic amines is 2. The SMILES string of the molecule is CC(C)c1[nH]c(=O)c(-c2cc(Cl)ccc2F)cc1Nc1ccnc2[nH]ccc(=O)c12. The highest BCUT2D eigenvalue weighted by molar-refractivity contribution is 6.30. The van der Waals surface area contributed by atoms with Gasteiger partial charge in [-0.2, -0.15) is 0 Å². The lowest BCUT2D eigenvalue weighted by Gasteiger charge is -2.17. The Morgan fingerprint density at radius 1 is 1.07 bits per heavy atom. The van der Waals surface area contributed by atoms with E-state index in [4.69, 9.17) is 11.6 Å². The molecule has 4 aromatic rings. The van der Waals surface area contributed by atoms with E-state index in [-0.39, 0.29) is 22.5 Å². The van der Waals surface area contributed by atoms with Crippen molar-refractivity contribution in [2.45, 2.75) is 19.8 Å². The molecule has 0 saturated heterocycles. The molecule has 1 aromatic carbocycles. The molecular weight excluding hydrogens is 407 g/mol. The van der Waals surface area contributed by atoms with Gasteiger partial charge in [0.05, 0.1) is 22.3 Å². The molecule has 0 aliphatic rings. The van der Waals surface area contributed by atoms with Crippen LogP contribution in [0.4, 0.5) is 15.8 Å². The van der Waals surface area contributed by atoms with Crippen molar-refractivity contribution in [2.75, 3.05) is 5.32 Å². The second-order valence-corrected chi connectivity index (χ2v) is 7.60. The normalized spacial score (nSPS) is 11.2. The van der Waals surface area contributed by atoms with E-state index >= 15 is 0 Å². The molecule has 0 atom stereocenters. The molecule has 3 aromatic heterocycles. The van der Waals surface area contributed by atoms with E-state index in [0.29, 0.717) is 33.1 Å². The van der Waals surface area contributed by atoms with Crippen molar-refractivity contribution in [3.63, 3.8) is 0 Å². The van der Waals surface area contributed by atoms with Crippen LogP contribution in [0.1, 0.15) is 25.5 Å². The van der Waals surface area contributed by atoms with Crippen molar-refractivity contribution in [2.24, 2.45) is 0 Å². The first-order valence-corrected chi connectivity index (χ1v) is 9.69. The first-order valence-electron chi connectivity index (χ1n) is 9.31. The Balaban J connectivity index is 1.93. The Bertz CT molecular complexity index is 1370. The van der Waals surface area contributed by atoms with Gasteiger partial charge in [0, 0.05) is 34.7 Å². The third kappa shape index (κ3) is 3.59. The Kier molecular flexibility index (Phi) is 5.13. The van der Waals surface area contributed by atoms with Crippen LogP contribution in [0.2, 0.25) is 5.02 Å². The van der Waals surface area contributed by atoms with Crippen molar-refractivity contribution in [3.05, 3.63) is 85.9 Å². The van der Waals surface area contributed by atoms with Gasteiger partial charge in [0.25, 0.3) is 5.56 Å². The molecule has 30 heavy (non-hydrogen) atoms. The highest BCUT2D eigenvalue weighted by atomic mass is 35.5. The highest BCUT2D eigenvalue weighted by Gasteiger charge is 2.17. The number of anilines is 2. The van der Waals surface area contributed by atoms with Gasteiger partial charge in [-0.1, -0.05) is 25.4 Å². The lowest BCUT2D eigenvalue weighted by atomic mass is 10.0. The van der Waals surface area contributed by atoms with Crippen LogP contribution in [0.15, 0.2) is 58.4 Å². The zero-order valence-electron chi connectivity index (χ0n) is 16.2. The first kappa shape index (κ1) is 19.8. The Hall–Kier alpha value is -3.45. The molecule has 0 unspecified atom stereocenters. The molecule has 3 N–H and O–H groups in total. The number of rotatable bonds is 4. The molecule has 0 amide bonds. The Morgan fingerprint density at radius 2 is 1.87 bits per heavy atom. The van der Waals surface area contributed by atoms with Gasteiger partial charge in [0.1, 0.15) is 11.5 Å². The molecular formula is C22H18ClFN4O2. The molecule has 3 heterocycles. The number of nitrogens with zero attached hydrogens (tertiary/aromatic N) is 1. The fourth-order valence-corrected chi connectivity index (χ4v) is 3.53. The van der Waals surface area contributed by atoms with Crippen LogP contribution in [-0.2, 0) is 0 Å². The minimum Gasteiger partial charge on any atom is -0.353 e. The van der Waals surface area contributed by atoms with Crippen LogP contribution in [-0.4, -0.2) is 15.0 Å². The number of hydrogen-bond acceptors (Lipinski definition) is 4. The monoisotopic (exact) mass is 424 g/mol. The maximum absolute atomic E-state index is 14.4. The average molecular weight is 425 g/mol. The van der Waals surface area contributed by atoms with E-state index in [2.05, 4.69) is 20.3 Å². The summed E-state index contributed by atoms with van der Waals surface area (Å²) in [6.45, 7) is 3.85. The quantitative estimate of drug-likeness (QED) is 0.433. The van der Waals surface area contributed by atoms with Gasteiger partial charge in [0.2, 0.25) is 0 Å². The largest absolute Gasteiger partial charge is 0.353 e. The standard InChI is InChI=1S/C22H18ClFN4O2/c1-11(2)20-17(27-16-5-7-25-21-19(16)18(29)6-8-26-21)10-14(22(30)28-20)13-9-12(23)3-4-15(13)24/h3-11H,1-2H3,(H,28,30)(H2,25,26,27,29). The fourth-order valence-electron chi connectivity index (χ4n) is 3.36. The van der Waals surface area contributed by atoms with Crippen molar-refractivity contribution in [1.29, 1.82) is 0 Å². The summed E-state index contributed by atoms with van der Waals surface area (Å²) in [6, 6.07) is 8.71. The molecule has 0 saturated carbocycles. The van der Waals surface area contributed by atoms with E-state index in [1.165, 1.54) is 30.5 Å². The summed E-state index contributed by atoms with van der Waals surface area (Å²) < 4.78 is 14.4. The lowest BCUT2D eigenvalue weighted by Crippen LogP contribution is -2.16. The molecule has 0 radical (unpaired) electrons. The summed E-state index contributed by atoms with van der Waals surface area (Å²) in [7, 11) is 0. The van der Waals surface area contributed by atoms with Crippen molar-refractivity contribution < 1.29 is 4.39 Å². The van der Waals surface area contributed by atoms with Gasteiger partial charge in [-0.15, -0.1) is 0 Å². The summed E-state index contributed by atoms with van der Waals surface area (Å²) in [5.74, 6) is -0.594. The summed E-state index contributed by atoms with van der Waals surface area (Å²) in [5.41, 5.74) is 1.74. The Labute approximate surface area is 175 Å². The number of nitrogens with one attached hydrogen (secondary N) is 3. The van der Waals surface area contributed by atoms with Gasteiger partial charge in [0.15, 0.2) is 5.43 Å². The first-order chi connectivity index (χ1) is 14.3. The number of fused-ring (bicyclic) bond motifs is 1. The van der Waals surface area contributed by atoms with Crippen LogP contribution in [0.3, 0.4) is 0 Å². The summed E-state index contributed by atoms with van der Waals surface area (Å²) in [4.78, 5) is 35.1. The van der Waals surface area contributed by atoms with Gasteiger partial charge < -0.3 is 15.3 Å².